The Labute approximate surface area is 160 Å². The molecule has 0 saturated heterocycles. The van der Waals surface area contributed by atoms with Crippen LogP contribution < -0.4 is 21.3 Å². The quantitative estimate of drug-likeness (QED) is 0.681. The standard InChI is InChI=1S/C21H17N3O4/c1-12-2-4-13(5-3-12)11-28-15-8-6-14(7-9-15)24-17(25)10-16-18(19(24)22)21(27)23-20(16)26/h2-10H,11,22H2,1H3,(H,23,26,27). The average Bonchev–Trinajstić information content (AvgIpc) is 2.96. The van der Waals surface area contributed by atoms with E-state index in [-0.39, 0.29) is 16.9 Å². The number of carbonyl (C=O) groups excluding carboxylic acids is 2. The number of amides is 2. The Morgan fingerprint density at radius 3 is 2.32 bits per heavy atom. The molecular formula is C21H17N3O4. The van der Waals surface area contributed by atoms with Crippen molar-refractivity contribution in [3.05, 3.63) is 87.2 Å². The van der Waals surface area contributed by atoms with Gasteiger partial charge in [0.15, 0.2) is 0 Å². The molecule has 7 heteroatoms. The second kappa shape index (κ2) is 6.70. The van der Waals surface area contributed by atoms with E-state index in [1.165, 1.54) is 10.1 Å². The van der Waals surface area contributed by atoms with Crippen LogP contribution in [0.1, 0.15) is 31.8 Å². The van der Waals surface area contributed by atoms with E-state index in [2.05, 4.69) is 5.32 Å². The number of aromatic nitrogens is 1. The van der Waals surface area contributed by atoms with E-state index >= 15 is 0 Å². The summed E-state index contributed by atoms with van der Waals surface area (Å²) in [5.41, 5.74) is 8.25. The highest BCUT2D eigenvalue weighted by atomic mass is 16.5. The monoisotopic (exact) mass is 375 g/mol. The first-order chi connectivity index (χ1) is 13.4. The van der Waals surface area contributed by atoms with Crippen molar-refractivity contribution in [3.8, 4) is 11.4 Å². The van der Waals surface area contributed by atoms with Crippen LogP contribution >= 0.6 is 0 Å². The third-order valence-corrected chi connectivity index (χ3v) is 4.57. The number of carbonyl (C=O) groups is 2. The number of pyridine rings is 1. The van der Waals surface area contributed by atoms with Gasteiger partial charge in [-0.1, -0.05) is 29.8 Å². The first-order valence-corrected chi connectivity index (χ1v) is 8.64. The van der Waals surface area contributed by atoms with Gasteiger partial charge in [0, 0.05) is 6.07 Å². The van der Waals surface area contributed by atoms with Crippen molar-refractivity contribution in [1.29, 1.82) is 0 Å². The zero-order valence-corrected chi connectivity index (χ0v) is 15.1. The van der Waals surface area contributed by atoms with Crippen LogP contribution in [0.3, 0.4) is 0 Å². The molecule has 1 aromatic heterocycles. The second-order valence-corrected chi connectivity index (χ2v) is 6.54. The van der Waals surface area contributed by atoms with Gasteiger partial charge >= 0.3 is 0 Å². The minimum Gasteiger partial charge on any atom is -0.489 e. The summed E-state index contributed by atoms with van der Waals surface area (Å²) in [6.07, 6.45) is 0. The number of anilines is 1. The molecule has 7 nitrogen and oxygen atoms in total. The van der Waals surface area contributed by atoms with Crippen LogP contribution in [0.15, 0.2) is 59.4 Å². The fourth-order valence-electron chi connectivity index (χ4n) is 3.09. The lowest BCUT2D eigenvalue weighted by Gasteiger charge is -2.13. The summed E-state index contributed by atoms with van der Waals surface area (Å²) in [5.74, 6) is -0.663. The van der Waals surface area contributed by atoms with Gasteiger partial charge in [0.2, 0.25) is 0 Å². The van der Waals surface area contributed by atoms with Crippen LogP contribution in [-0.4, -0.2) is 16.4 Å². The Bertz CT molecular complexity index is 1150. The summed E-state index contributed by atoms with van der Waals surface area (Å²) in [6.45, 7) is 2.44. The minimum absolute atomic E-state index is 0.00167. The van der Waals surface area contributed by atoms with Gasteiger partial charge in [0.05, 0.1) is 16.8 Å². The van der Waals surface area contributed by atoms with Gasteiger partial charge in [-0.05, 0) is 36.8 Å². The predicted molar refractivity (Wildman–Crippen MR) is 104 cm³/mol. The molecule has 0 radical (unpaired) electrons. The molecule has 0 unspecified atom stereocenters. The summed E-state index contributed by atoms with van der Waals surface area (Å²) in [4.78, 5) is 36.1. The van der Waals surface area contributed by atoms with E-state index in [0.717, 1.165) is 11.6 Å². The van der Waals surface area contributed by atoms with E-state index in [4.69, 9.17) is 10.5 Å². The number of fused-ring (bicyclic) bond motifs is 1. The molecule has 3 aromatic rings. The predicted octanol–water partition coefficient (Wildman–Crippen LogP) is 2.19. The van der Waals surface area contributed by atoms with Crippen molar-refractivity contribution in [2.24, 2.45) is 0 Å². The van der Waals surface area contributed by atoms with Crippen LogP contribution in [0, 0.1) is 6.92 Å². The normalized spacial score (nSPS) is 12.6. The average molecular weight is 375 g/mol. The maximum atomic E-state index is 12.4. The number of hydrogen-bond acceptors (Lipinski definition) is 5. The molecule has 0 bridgehead atoms. The van der Waals surface area contributed by atoms with E-state index in [1.54, 1.807) is 24.3 Å². The largest absolute Gasteiger partial charge is 0.489 e. The van der Waals surface area contributed by atoms with E-state index in [9.17, 15) is 14.4 Å². The summed E-state index contributed by atoms with van der Waals surface area (Å²) in [7, 11) is 0. The van der Waals surface area contributed by atoms with Crippen molar-refractivity contribution in [1.82, 2.24) is 9.88 Å². The Kier molecular flexibility index (Phi) is 4.19. The molecule has 28 heavy (non-hydrogen) atoms. The van der Waals surface area contributed by atoms with Crippen molar-refractivity contribution >= 4 is 17.6 Å². The third-order valence-electron chi connectivity index (χ3n) is 4.57. The number of nitrogen functional groups attached to an aromatic ring is 1. The van der Waals surface area contributed by atoms with Gasteiger partial charge in [-0.3, -0.25) is 24.3 Å². The van der Waals surface area contributed by atoms with Crippen molar-refractivity contribution in [2.45, 2.75) is 13.5 Å². The van der Waals surface area contributed by atoms with Crippen LogP contribution in [0.2, 0.25) is 0 Å². The van der Waals surface area contributed by atoms with Crippen molar-refractivity contribution in [2.75, 3.05) is 5.73 Å². The fraction of sp³-hybridized carbons (Fsp3) is 0.0952. The maximum Gasteiger partial charge on any atom is 0.262 e. The molecule has 1 aliphatic rings. The number of hydrogen-bond donors (Lipinski definition) is 2. The lowest BCUT2D eigenvalue weighted by Crippen LogP contribution is -2.24. The highest BCUT2D eigenvalue weighted by Gasteiger charge is 2.31. The number of nitrogens with one attached hydrogen (secondary N) is 1. The Hall–Kier alpha value is -3.87. The number of rotatable bonds is 4. The first-order valence-electron chi connectivity index (χ1n) is 8.64. The molecule has 2 heterocycles. The molecule has 0 fully saturated rings. The molecule has 0 aliphatic carbocycles. The summed E-state index contributed by atoms with van der Waals surface area (Å²) < 4.78 is 6.96. The zero-order chi connectivity index (χ0) is 19.8. The summed E-state index contributed by atoms with van der Waals surface area (Å²) >= 11 is 0. The second-order valence-electron chi connectivity index (χ2n) is 6.54. The molecule has 4 rings (SSSR count). The van der Waals surface area contributed by atoms with Crippen LogP contribution in [0.5, 0.6) is 5.75 Å². The number of benzene rings is 2. The van der Waals surface area contributed by atoms with Gasteiger partial charge in [-0.25, -0.2) is 0 Å². The fourth-order valence-corrected chi connectivity index (χ4v) is 3.09. The molecule has 0 atom stereocenters. The zero-order valence-electron chi connectivity index (χ0n) is 15.1. The van der Waals surface area contributed by atoms with Gasteiger partial charge < -0.3 is 10.5 Å². The number of ether oxygens (including phenoxy) is 1. The molecule has 2 aromatic carbocycles. The van der Waals surface area contributed by atoms with Crippen molar-refractivity contribution < 1.29 is 14.3 Å². The smallest absolute Gasteiger partial charge is 0.262 e. The summed E-state index contributed by atoms with van der Waals surface area (Å²) in [6, 6.07) is 15.9. The van der Waals surface area contributed by atoms with Gasteiger partial charge in [-0.2, -0.15) is 0 Å². The lowest BCUT2D eigenvalue weighted by molar-refractivity contribution is 0.0880. The molecule has 1 aliphatic heterocycles. The van der Waals surface area contributed by atoms with Crippen molar-refractivity contribution in [3.63, 3.8) is 0 Å². The SMILES string of the molecule is Cc1ccc(COc2ccc(-n3c(N)c4c(cc3=O)C(=O)NC4=O)cc2)cc1. The topological polar surface area (TPSA) is 103 Å². The minimum atomic E-state index is -0.615. The van der Waals surface area contributed by atoms with Crippen LogP contribution in [0.25, 0.3) is 5.69 Å². The van der Waals surface area contributed by atoms with Crippen LogP contribution in [-0.2, 0) is 6.61 Å². The number of aryl methyl sites for hydroxylation is 1. The van der Waals surface area contributed by atoms with Crippen LogP contribution in [0.4, 0.5) is 5.82 Å². The number of imide groups is 1. The molecular weight excluding hydrogens is 358 g/mol. The van der Waals surface area contributed by atoms with E-state index in [1.807, 2.05) is 31.2 Å². The summed E-state index contributed by atoms with van der Waals surface area (Å²) in [5, 5.41) is 2.14. The highest BCUT2D eigenvalue weighted by molar-refractivity contribution is 6.23. The first kappa shape index (κ1) is 17.5. The maximum absolute atomic E-state index is 12.4. The molecule has 140 valence electrons. The molecule has 3 N–H and O–H groups in total. The molecule has 0 spiro atoms. The Morgan fingerprint density at radius 1 is 0.964 bits per heavy atom. The Morgan fingerprint density at radius 2 is 1.64 bits per heavy atom. The Balaban J connectivity index is 1.60. The third kappa shape index (κ3) is 3.03. The molecule has 2 amide bonds. The highest BCUT2D eigenvalue weighted by Crippen LogP contribution is 2.24. The number of nitrogens with two attached hydrogens (primary N) is 1. The molecule has 0 saturated carbocycles. The van der Waals surface area contributed by atoms with Gasteiger partial charge in [-0.15, -0.1) is 0 Å². The van der Waals surface area contributed by atoms with Gasteiger partial charge in [0.25, 0.3) is 17.4 Å². The van der Waals surface area contributed by atoms with E-state index in [0.29, 0.717) is 18.0 Å². The van der Waals surface area contributed by atoms with E-state index < -0.39 is 17.4 Å². The number of nitrogens with zero attached hydrogens (tertiary/aromatic N) is 1. The van der Waals surface area contributed by atoms with Gasteiger partial charge in [0.1, 0.15) is 18.2 Å². The lowest BCUT2D eigenvalue weighted by atomic mass is 10.1.